The van der Waals surface area contributed by atoms with E-state index in [2.05, 4.69) is 43.0 Å². The first-order valence-corrected chi connectivity index (χ1v) is 9.14. The molecule has 0 aliphatic carbocycles. The fourth-order valence-corrected chi connectivity index (χ4v) is 3.55. The largest absolute Gasteiger partial charge is 0.508 e. The highest BCUT2D eigenvalue weighted by Crippen LogP contribution is 2.32. The molecular formula is C20H24ClN3O2. The Hall–Kier alpha value is -2.08. The second-order valence-corrected chi connectivity index (χ2v) is 7.48. The van der Waals surface area contributed by atoms with Crippen LogP contribution in [-0.4, -0.2) is 17.1 Å². The van der Waals surface area contributed by atoms with Gasteiger partial charge in [0.2, 0.25) is 5.91 Å². The van der Waals surface area contributed by atoms with Crippen LogP contribution in [0.5, 0.6) is 5.75 Å². The lowest BCUT2D eigenvalue weighted by atomic mass is 9.97. The highest BCUT2D eigenvalue weighted by Gasteiger charge is 2.31. The second kappa shape index (κ2) is 7.66. The Morgan fingerprint density at radius 1 is 1.23 bits per heavy atom. The van der Waals surface area contributed by atoms with Crippen molar-refractivity contribution in [1.29, 1.82) is 0 Å². The van der Waals surface area contributed by atoms with Crippen molar-refractivity contribution in [2.75, 3.05) is 5.32 Å². The summed E-state index contributed by atoms with van der Waals surface area (Å²) >= 11 is 6.01. The lowest BCUT2D eigenvalue weighted by Gasteiger charge is -2.14. The van der Waals surface area contributed by atoms with Crippen LogP contribution >= 0.6 is 11.6 Å². The maximum atomic E-state index is 12.6. The summed E-state index contributed by atoms with van der Waals surface area (Å²) in [6, 6.07) is 10.3. The van der Waals surface area contributed by atoms with Gasteiger partial charge < -0.3 is 10.4 Å². The van der Waals surface area contributed by atoms with Gasteiger partial charge in [-0.15, -0.1) is 0 Å². The van der Waals surface area contributed by atoms with Crippen LogP contribution in [0, 0.1) is 6.92 Å². The molecule has 3 rings (SSSR count). The number of amides is 1. The minimum atomic E-state index is -0.400. The Morgan fingerprint density at radius 3 is 2.69 bits per heavy atom. The van der Waals surface area contributed by atoms with Gasteiger partial charge in [0.05, 0.1) is 6.04 Å². The number of aryl methyl sites for hydroxylation is 1. The monoisotopic (exact) mass is 373 g/mol. The molecule has 1 aliphatic rings. The van der Waals surface area contributed by atoms with Crippen molar-refractivity contribution in [3.05, 3.63) is 58.1 Å². The number of hydrogen-bond donors (Lipinski definition) is 4. The standard InChI is InChI=1S/C20H24ClN3O2/c1-11(2)15-6-5-14(8-12(15)3)22-20(26)18-10-17(23-24-18)16-9-13(21)4-7-19(16)25/h4-9,11,17-18,23-25H,10H2,1-3H3,(H,22,26). The zero-order valence-electron chi connectivity index (χ0n) is 15.1. The van der Waals surface area contributed by atoms with E-state index >= 15 is 0 Å². The SMILES string of the molecule is Cc1cc(NC(=O)C2CC(c3cc(Cl)ccc3O)NN2)ccc1C(C)C. The quantitative estimate of drug-likeness (QED) is 0.653. The van der Waals surface area contributed by atoms with E-state index in [9.17, 15) is 9.90 Å². The zero-order valence-corrected chi connectivity index (χ0v) is 15.9. The zero-order chi connectivity index (χ0) is 18.8. The summed E-state index contributed by atoms with van der Waals surface area (Å²) in [7, 11) is 0. The van der Waals surface area contributed by atoms with Gasteiger partial charge in [0.1, 0.15) is 11.8 Å². The topological polar surface area (TPSA) is 73.4 Å². The molecule has 2 aromatic carbocycles. The molecular weight excluding hydrogens is 350 g/mol. The first kappa shape index (κ1) is 18.7. The minimum Gasteiger partial charge on any atom is -0.508 e. The molecule has 4 N–H and O–H groups in total. The number of phenols is 1. The van der Waals surface area contributed by atoms with Crippen molar-refractivity contribution in [3.8, 4) is 5.75 Å². The van der Waals surface area contributed by atoms with E-state index in [0.29, 0.717) is 22.9 Å². The number of hydrazine groups is 1. The first-order valence-electron chi connectivity index (χ1n) is 8.76. The van der Waals surface area contributed by atoms with Crippen molar-refractivity contribution in [2.45, 2.75) is 45.2 Å². The molecule has 1 fully saturated rings. The van der Waals surface area contributed by atoms with Crippen LogP contribution < -0.4 is 16.2 Å². The Bertz CT molecular complexity index is 823. The molecule has 6 heteroatoms. The second-order valence-electron chi connectivity index (χ2n) is 7.05. The number of nitrogens with one attached hydrogen (secondary N) is 3. The van der Waals surface area contributed by atoms with Gasteiger partial charge in [0.15, 0.2) is 0 Å². The van der Waals surface area contributed by atoms with Crippen molar-refractivity contribution in [1.82, 2.24) is 10.9 Å². The summed E-state index contributed by atoms with van der Waals surface area (Å²) in [6.07, 6.45) is 0.517. The van der Waals surface area contributed by atoms with Crippen LogP contribution in [0.15, 0.2) is 36.4 Å². The predicted octanol–water partition coefficient (Wildman–Crippen LogP) is 4.02. The van der Waals surface area contributed by atoms with Crippen LogP contribution in [0.4, 0.5) is 5.69 Å². The number of anilines is 1. The number of rotatable bonds is 4. The third-order valence-electron chi connectivity index (χ3n) is 4.74. The van der Waals surface area contributed by atoms with Crippen LogP contribution in [0.2, 0.25) is 5.02 Å². The highest BCUT2D eigenvalue weighted by molar-refractivity contribution is 6.30. The van der Waals surface area contributed by atoms with Gasteiger partial charge >= 0.3 is 0 Å². The molecule has 1 amide bonds. The van der Waals surface area contributed by atoms with E-state index in [-0.39, 0.29) is 17.7 Å². The van der Waals surface area contributed by atoms with Gasteiger partial charge in [-0.1, -0.05) is 31.5 Å². The number of hydrogen-bond acceptors (Lipinski definition) is 4. The fraction of sp³-hybridized carbons (Fsp3) is 0.350. The van der Waals surface area contributed by atoms with Crippen LogP contribution in [0.25, 0.3) is 0 Å². The summed E-state index contributed by atoms with van der Waals surface area (Å²) < 4.78 is 0. The molecule has 2 unspecified atom stereocenters. The van der Waals surface area contributed by atoms with Crippen molar-refractivity contribution in [2.24, 2.45) is 0 Å². The molecule has 0 bridgehead atoms. The third kappa shape index (κ3) is 4.01. The third-order valence-corrected chi connectivity index (χ3v) is 4.98. The Morgan fingerprint density at radius 2 is 2.00 bits per heavy atom. The summed E-state index contributed by atoms with van der Waals surface area (Å²) in [4.78, 5) is 12.6. The van der Waals surface area contributed by atoms with Crippen molar-refractivity contribution < 1.29 is 9.90 Å². The van der Waals surface area contributed by atoms with Gasteiger partial charge in [-0.05, 0) is 60.7 Å². The Kier molecular flexibility index (Phi) is 5.51. The molecule has 1 saturated heterocycles. The lowest BCUT2D eigenvalue weighted by Crippen LogP contribution is -2.39. The predicted molar refractivity (Wildman–Crippen MR) is 104 cm³/mol. The Labute approximate surface area is 158 Å². The van der Waals surface area contributed by atoms with Gasteiger partial charge in [-0.3, -0.25) is 4.79 Å². The van der Waals surface area contributed by atoms with E-state index in [4.69, 9.17) is 11.6 Å². The molecule has 0 spiro atoms. The summed E-state index contributed by atoms with van der Waals surface area (Å²) in [5, 5.41) is 13.5. The maximum absolute atomic E-state index is 12.6. The van der Waals surface area contributed by atoms with Gasteiger partial charge in [-0.2, -0.15) is 0 Å². The van der Waals surface area contributed by atoms with Crippen LogP contribution in [0.3, 0.4) is 0 Å². The number of aromatic hydroxyl groups is 1. The van der Waals surface area contributed by atoms with E-state index in [1.165, 1.54) is 5.56 Å². The minimum absolute atomic E-state index is 0.113. The molecule has 0 aromatic heterocycles. The summed E-state index contributed by atoms with van der Waals surface area (Å²) in [5.74, 6) is 0.499. The Balaban J connectivity index is 1.66. The number of halogens is 1. The van der Waals surface area contributed by atoms with Gasteiger partial charge in [0, 0.05) is 16.3 Å². The maximum Gasteiger partial charge on any atom is 0.242 e. The average molecular weight is 374 g/mol. The molecule has 1 heterocycles. The van der Waals surface area contributed by atoms with E-state index < -0.39 is 6.04 Å². The van der Waals surface area contributed by atoms with Gasteiger partial charge in [0.25, 0.3) is 0 Å². The molecule has 26 heavy (non-hydrogen) atoms. The van der Waals surface area contributed by atoms with E-state index in [1.54, 1.807) is 18.2 Å². The smallest absolute Gasteiger partial charge is 0.242 e. The van der Waals surface area contributed by atoms with Gasteiger partial charge in [-0.25, -0.2) is 10.9 Å². The average Bonchev–Trinajstić information content (AvgIpc) is 3.06. The molecule has 0 saturated carbocycles. The summed E-state index contributed by atoms with van der Waals surface area (Å²) in [5.41, 5.74) is 9.97. The van der Waals surface area contributed by atoms with Crippen LogP contribution in [-0.2, 0) is 4.79 Å². The first-order chi connectivity index (χ1) is 12.3. The van der Waals surface area contributed by atoms with Crippen molar-refractivity contribution >= 4 is 23.2 Å². The normalized spacial score (nSPS) is 19.7. The molecule has 2 aromatic rings. The number of benzene rings is 2. The fourth-order valence-electron chi connectivity index (χ4n) is 3.37. The number of carbonyl (C=O) groups is 1. The molecule has 0 radical (unpaired) electrons. The number of carbonyl (C=O) groups excluding carboxylic acids is 1. The molecule has 1 aliphatic heterocycles. The molecule has 5 nitrogen and oxygen atoms in total. The molecule has 138 valence electrons. The molecule has 2 atom stereocenters. The highest BCUT2D eigenvalue weighted by atomic mass is 35.5. The van der Waals surface area contributed by atoms with E-state index in [1.807, 2.05) is 12.1 Å². The van der Waals surface area contributed by atoms with E-state index in [0.717, 1.165) is 11.3 Å². The lowest BCUT2D eigenvalue weighted by molar-refractivity contribution is -0.117. The summed E-state index contributed by atoms with van der Waals surface area (Å²) in [6.45, 7) is 6.36. The number of phenolic OH excluding ortho intramolecular Hbond substituents is 1. The van der Waals surface area contributed by atoms with Crippen LogP contribution in [0.1, 0.15) is 48.9 Å². The van der Waals surface area contributed by atoms with Crippen molar-refractivity contribution in [3.63, 3.8) is 0 Å².